The molecule has 1 amide bonds. The monoisotopic (exact) mass is 326 g/mol. The normalized spacial score (nSPS) is 15.1. The van der Waals surface area contributed by atoms with Crippen LogP contribution in [-0.2, 0) is 11.2 Å². The summed E-state index contributed by atoms with van der Waals surface area (Å²) in [4.78, 5) is 14.6. The van der Waals surface area contributed by atoms with E-state index in [2.05, 4.69) is 0 Å². The molecule has 2 aromatic carbocycles. The summed E-state index contributed by atoms with van der Waals surface area (Å²) >= 11 is 0. The van der Waals surface area contributed by atoms with Crippen molar-refractivity contribution in [2.24, 2.45) is 5.73 Å². The zero-order valence-electron chi connectivity index (χ0n) is 13.7. The fourth-order valence-electron chi connectivity index (χ4n) is 2.96. The second-order valence-electron chi connectivity index (χ2n) is 6.42. The van der Waals surface area contributed by atoms with Gasteiger partial charge in [0, 0.05) is 25.0 Å². The maximum atomic E-state index is 13.3. The molecule has 1 saturated carbocycles. The number of carbonyl (C=O) groups excluding carboxylic acids is 1. The minimum absolute atomic E-state index is 0.0882. The van der Waals surface area contributed by atoms with E-state index in [1.165, 1.54) is 12.1 Å². The SMILES string of the molecule is NC(CC(=O)N(CCc1cccc(F)c1)C1CC1)c1ccccc1. The average molecular weight is 326 g/mol. The molecule has 1 aliphatic carbocycles. The molecule has 24 heavy (non-hydrogen) atoms. The largest absolute Gasteiger partial charge is 0.339 e. The Morgan fingerprint density at radius 2 is 1.92 bits per heavy atom. The lowest BCUT2D eigenvalue weighted by Gasteiger charge is -2.24. The van der Waals surface area contributed by atoms with Gasteiger partial charge in [0.25, 0.3) is 0 Å². The lowest BCUT2D eigenvalue weighted by molar-refractivity contribution is -0.132. The van der Waals surface area contributed by atoms with E-state index >= 15 is 0 Å². The Labute approximate surface area is 142 Å². The molecule has 1 unspecified atom stereocenters. The zero-order valence-corrected chi connectivity index (χ0v) is 13.7. The lowest BCUT2D eigenvalue weighted by Crippen LogP contribution is -2.36. The van der Waals surface area contributed by atoms with Gasteiger partial charge in [0.05, 0.1) is 0 Å². The molecule has 126 valence electrons. The highest BCUT2D eigenvalue weighted by molar-refractivity contribution is 5.77. The van der Waals surface area contributed by atoms with E-state index in [9.17, 15) is 9.18 Å². The van der Waals surface area contributed by atoms with Crippen molar-refractivity contribution in [3.8, 4) is 0 Å². The number of carbonyl (C=O) groups is 1. The van der Waals surface area contributed by atoms with E-state index < -0.39 is 0 Å². The highest BCUT2D eigenvalue weighted by Crippen LogP contribution is 2.29. The number of halogens is 1. The van der Waals surface area contributed by atoms with Gasteiger partial charge in [0.2, 0.25) is 5.91 Å². The molecule has 0 bridgehead atoms. The summed E-state index contributed by atoms with van der Waals surface area (Å²) in [6.45, 7) is 0.620. The predicted octanol–water partition coefficient (Wildman–Crippen LogP) is 3.45. The number of nitrogens with zero attached hydrogens (tertiary/aromatic N) is 1. The van der Waals surface area contributed by atoms with Gasteiger partial charge in [-0.05, 0) is 42.5 Å². The van der Waals surface area contributed by atoms with Crippen LogP contribution in [0.2, 0.25) is 0 Å². The first kappa shape index (κ1) is 16.7. The standard InChI is InChI=1S/C20H23FN2O/c21-17-8-4-5-15(13-17)11-12-23(18-9-10-18)20(24)14-19(22)16-6-2-1-3-7-16/h1-8,13,18-19H,9-12,14,22H2. The van der Waals surface area contributed by atoms with Crippen molar-refractivity contribution in [1.82, 2.24) is 4.90 Å². The molecule has 2 N–H and O–H groups in total. The molecule has 3 nitrogen and oxygen atoms in total. The van der Waals surface area contributed by atoms with Crippen molar-refractivity contribution in [3.63, 3.8) is 0 Å². The summed E-state index contributed by atoms with van der Waals surface area (Å²) in [5, 5.41) is 0. The number of hydrogen-bond acceptors (Lipinski definition) is 2. The van der Waals surface area contributed by atoms with Crippen LogP contribution in [0.5, 0.6) is 0 Å². The molecule has 0 radical (unpaired) electrons. The van der Waals surface area contributed by atoms with Gasteiger partial charge in [-0.1, -0.05) is 42.5 Å². The van der Waals surface area contributed by atoms with Crippen LogP contribution in [-0.4, -0.2) is 23.4 Å². The molecule has 1 fully saturated rings. The van der Waals surface area contributed by atoms with Gasteiger partial charge in [-0.2, -0.15) is 0 Å². The van der Waals surface area contributed by atoms with Crippen LogP contribution >= 0.6 is 0 Å². The summed E-state index contributed by atoms with van der Waals surface area (Å²) in [5.74, 6) is -0.145. The predicted molar refractivity (Wildman–Crippen MR) is 92.8 cm³/mol. The van der Waals surface area contributed by atoms with Crippen LogP contribution in [0, 0.1) is 5.82 Å². The van der Waals surface area contributed by atoms with Crippen molar-refractivity contribution >= 4 is 5.91 Å². The van der Waals surface area contributed by atoms with E-state index in [0.29, 0.717) is 25.4 Å². The summed E-state index contributed by atoms with van der Waals surface area (Å²) in [7, 11) is 0. The molecule has 1 aliphatic rings. The third kappa shape index (κ3) is 4.42. The first-order valence-electron chi connectivity index (χ1n) is 8.48. The number of rotatable bonds is 7. The summed E-state index contributed by atoms with van der Waals surface area (Å²) in [6.07, 6.45) is 3.08. The number of amides is 1. The fourth-order valence-corrected chi connectivity index (χ4v) is 2.96. The Hall–Kier alpha value is -2.20. The number of hydrogen-bond donors (Lipinski definition) is 1. The van der Waals surface area contributed by atoms with Crippen LogP contribution in [0.4, 0.5) is 4.39 Å². The lowest BCUT2D eigenvalue weighted by atomic mass is 10.0. The smallest absolute Gasteiger partial charge is 0.224 e. The first-order valence-corrected chi connectivity index (χ1v) is 8.48. The molecule has 0 aliphatic heterocycles. The topological polar surface area (TPSA) is 46.3 Å². The van der Waals surface area contributed by atoms with Crippen molar-refractivity contribution in [2.75, 3.05) is 6.54 Å². The van der Waals surface area contributed by atoms with Gasteiger partial charge < -0.3 is 10.6 Å². The minimum Gasteiger partial charge on any atom is -0.339 e. The second-order valence-corrected chi connectivity index (χ2v) is 6.42. The molecule has 0 aromatic heterocycles. The van der Waals surface area contributed by atoms with E-state index in [1.54, 1.807) is 6.07 Å². The van der Waals surface area contributed by atoms with Crippen molar-refractivity contribution in [3.05, 3.63) is 71.5 Å². The third-order valence-electron chi connectivity index (χ3n) is 4.46. The maximum Gasteiger partial charge on any atom is 0.224 e. The number of benzene rings is 2. The summed E-state index contributed by atoms with van der Waals surface area (Å²) in [6, 6.07) is 16.3. The van der Waals surface area contributed by atoms with Gasteiger partial charge in [-0.15, -0.1) is 0 Å². The first-order chi connectivity index (χ1) is 11.6. The molecular formula is C20H23FN2O. The Balaban J connectivity index is 1.59. The quantitative estimate of drug-likeness (QED) is 0.847. The van der Waals surface area contributed by atoms with Crippen molar-refractivity contribution in [1.29, 1.82) is 0 Å². The Morgan fingerprint density at radius 1 is 1.17 bits per heavy atom. The van der Waals surface area contributed by atoms with E-state index in [-0.39, 0.29) is 17.8 Å². The van der Waals surface area contributed by atoms with Crippen molar-refractivity contribution < 1.29 is 9.18 Å². The highest BCUT2D eigenvalue weighted by atomic mass is 19.1. The molecule has 0 heterocycles. The summed E-state index contributed by atoms with van der Waals surface area (Å²) in [5.41, 5.74) is 8.08. The van der Waals surface area contributed by atoms with Crippen LogP contribution in [0.1, 0.15) is 36.4 Å². The van der Waals surface area contributed by atoms with Gasteiger partial charge in [-0.3, -0.25) is 4.79 Å². The van der Waals surface area contributed by atoms with Crippen LogP contribution in [0.3, 0.4) is 0 Å². The van der Waals surface area contributed by atoms with Crippen molar-refractivity contribution in [2.45, 2.75) is 37.8 Å². The molecule has 4 heteroatoms. The van der Waals surface area contributed by atoms with Gasteiger partial charge in [0.1, 0.15) is 5.82 Å². The van der Waals surface area contributed by atoms with Gasteiger partial charge >= 0.3 is 0 Å². The Bertz CT molecular complexity index is 685. The maximum absolute atomic E-state index is 13.3. The second kappa shape index (κ2) is 7.58. The van der Waals surface area contributed by atoms with E-state index in [0.717, 1.165) is 24.0 Å². The molecule has 0 spiro atoms. The summed E-state index contributed by atoms with van der Waals surface area (Å²) < 4.78 is 13.3. The highest BCUT2D eigenvalue weighted by Gasteiger charge is 2.32. The molecule has 3 rings (SSSR count). The van der Waals surface area contributed by atoms with Gasteiger partial charge in [0.15, 0.2) is 0 Å². The third-order valence-corrected chi connectivity index (χ3v) is 4.46. The minimum atomic E-state index is -0.283. The number of nitrogens with two attached hydrogens (primary N) is 1. The van der Waals surface area contributed by atoms with Crippen LogP contribution in [0.25, 0.3) is 0 Å². The molecule has 2 aromatic rings. The van der Waals surface area contributed by atoms with Crippen LogP contribution < -0.4 is 5.73 Å². The molecule has 0 saturated heterocycles. The van der Waals surface area contributed by atoms with E-state index in [4.69, 9.17) is 5.73 Å². The molecule has 1 atom stereocenters. The molecular weight excluding hydrogens is 303 g/mol. The average Bonchev–Trinajstić information content (AvgIpc) is 3.41. The Morgan fingerprint density at radius 3 is 2.58 bits per heavy atom. The van der Waals surface area contributed by atoms with Gasteiger partial charge in [-0.25, -0.2) is 4.39 Å². The zero-order chi connectivity index (χ0) is 16.9. The van der Waals surface area contributed by atoms with E-state index in [1.807, 2.05) is 41.3 Å². The Kier molecular flexibility index (Phi) is 5.26. The fraction of sp³-hybridized carbons (Fsp3) is 0.350. The van der Waals surface area contributed by atoms with Crippen LogP contribution in [0.15, 0.2) is 54.6 Å².